The lowest BCUT2D eigenvalue weighted by atomic mass is 9.47. The highest BCUT2D eigenvalue weighted by atomic mass is 16.5. The van der Waals surface area contributed by atoms with E-state index >= 15 is 0 Å². The lowest BCUT2D eigenvalue weighted by Crippen LogP contribution is -2.49. The van der Waals surface area contributed by atoms with E-state index in [1.807, 2.05) is 12.1 Å². The smallest absolute Gasteiger partial charge is 0.343 e. The summed E-state index contributed by atoms with van der Waals surface area (Å²) in [6, 6.07) is 10.3. The van der Waals surface area contributed by atoms with Crippen molar-refractivity contribution in [3.8, 4) is 11.5 Å². The predicted octanol–water partition coefficient (Wildman–Crippen LogP) is 7.02. The molecule has 37 heavy (non-hydrogen) atoms. The number of carbonyl (C=O) groups is 2. The largest absolute Gasteiger partial charge is 0.496 e. The van der Waals surface area contributed by atoms with Crippen LogP contribution in [0.3, 0.4) is 0 Å². The minimum Gasteiger partial charge on any atom is -0.496 e. The highest BCUT2D eigenvalue weighted by Crippen LogP contribution is 2.63. The van der Waals surface area contributed by atoms with Crippen molar-refractivity contribution in [1.82, 2.24) is 0 Å². The highest BCUT2D eigenvalue weighted by molar-refractivity contribution is 5.95. The summed E-state index contributed by atoms with van der Waals surface area (Å²) < 4.78 is 17.0. The van der Waals surface area contributed by atoms with Crippen LogP contribution in [0.5, 0.6) is 11.5 Å². The van der Waals surface area contributed by atoms with Crippen LogP contribution in [0.25, 0.3) is 0 Å². The van der Waals surface area contributed by atoms with Gasteiger partial charge in [0.2, 0.25) is 0 Å². The maximum atomic E-state index is 13.7. The molecule has 196 valence electrons. The topological polar surface area (TPSA) is 61.8 Å². The molecule has 4 bridgehead atoms. The molecule has 4 saturated carbocycles. The summed E-state index contributed by atoms with van der Waals surface area (Å²) in [7, 11) is 1.74. The first kappa shape index (κ1) is 25.6. The van der Waals surface area contributed by atoms with Gasteiger partial charge in [-0.05, 0) is 97.6 Å². The Hall–Kier alpha value is -3.08. The monoisotopic (exact) mass is 502 g/mol. The molecule has 4 aliphatic rings. The van der Waals surface area contributed by atoms with Crippen molar-refractivity contribution in [2.75, 3.05) is 13.7 Å². The molecule has 4 fully saturated rings. The first-order valence-corrected chi connectivity index (χ1v) is 13.5. The molecule has 0 atom stereocenters. The molecule has 5 nitrogen and oxygen atoms in total. The Bertz CT molecular complexity index is 1180. The van der Waals surface area contributed by atoms with Crippen LogP contribution in [0, 0.1) is 17.8 Å². The quantitative estimate of drug-likeness (QED) is 0.231. The van der Waals surface area contributed by atoms with Gasteiger partial charge < -0.3 is 14.2 Å². The highest BCUT2D eigenvalue weighted by Gasteiger charge is 2.54. The SMILES string of the molecule is C=CCOC(=O)c1cccc(OC(=O)c2ccc(OC)c(C34CC5CC(CC(C5)C3)C4)c2C(C)(C)C)c1. The molecule has 6 rings (SSSR count). The second kappa shape index (κ2) is 9.66. The molecule has 0 amide bonds. The van der Waals surface area contributed by atoms with E-state index in [-0.39, 0.29) is 17.4 Å². The van der Waals surface area contributed by atoms with Crippen molar-refractivity contribution in [3.05, 3.63) is 71.3 Å². The van der Waals surface area contributed by atoms with Gasteiger partial charge in [0.05, 0.1) is 18.2 Å². The molecule has 0 saturated heterocycles. The molecule has 5 heteroatoms. The molecule has 2 aromatic carbocycles. The standard InChI is InChI=1S/C32H38O5/c1-6-12-36-29(33)23-8-7-9-24(16-23)37-30(34)25-10-11-26(35-5)28(27(25)31(2,3)4)32-17-20-13-21(18-32)15-22(14-20)19-32/h6-11,16,20-22H,1,12-15,17-19H2,2-5H3. The Morgan fingerprint density at radius 3 is 2.22 bits per heavy atom. The third-order valence-electron chi connectivity index (χ3n) is 8.54. The Balaban J connectivity index is 1.54. The van der Waals surface area contributed by atoms with Gasteiger partial charge in [-0.25, -0.2) is 9.59 Å². The van der Waals surface area contributed by atoms with E-state index in [0.717, 1.165) is 29.1 Å². The first-order valence-electron chi connectivity index (χ1n) is 13.5. The third-order valence-corrected chi connectivity index (χ3v) is 8.54. The van der Waals surface area contributed by atoms with Gasteiger partial charge in [-0.3, -0.25) is 0 Å². The van der Waals surface area contributed by atoms with Gasteiger partial charge in [0.25, 0.3) is 0 Å². The molecule has 0 spiro atoms. The van der Waals surface area contributed by atoms with Crippen LogP contribution in [-0.4, -0.2) is 25.7 Å². The number of esters is 2. The summed E-state index contributed by atoms with van der Waals surface area (Å²) >= 11 is 0. The molecular formula is C32H38O5. The van der Waals surface area contributed by atoms with E-state index in [2.05, 4.69) is 27.4 Å². The lowest BCUT2D eigenvalue weighted by molar-refractivity contribution is -0.00697. The van der Waals surface area contributed by atoms with Crippen LogP contribution in [0.15, 0.2) is 49.1 Å². The van der Waals surface area contributed by atoms with Crippen molar-refractivity contribution in [3.63, 3.8) is 0 Å². The maximum absolute atomic E-state index is 13.7. The van der Waals surface area contributed by atoms with Crippen LogP contribution in [-0.2, 0) is 15.6 Å². The van der Waals surface area contributed by atoms with E-state index < -0.39 is 11.9 Å². The van der Waals surface area contributed by atoms with E-state index in [1.54, 1.807) is 31.4 Å². The molecule has 0 heterocycles. The van der Waals surface area contributed by atoms with Crippen LogP contribution >= 0.6 is 0 Å². The summed E-state index contributed by atoms with van der Waals surface area (Å²) in [5.74, 6) is 2.59. The van der Waals surface area contributed by atoms with Crippen LogP contribution < -0.4 is 9.47 Å². The predicted molar refractivity (Wildman–Crippen MR) is 143 cm³/mol. The molecule has 0 aliphatic heterocycles. The third kappa shape index (κ3) is 4.81. The molecule has 0 N–H and O–H groups in total. The molecule has 2 aromatic rings. The van der Waals surface area contributed by atoms with Crippen molar-refractivity contribution in [1.29, 1.82) is 0 Å². The number of hydrogen-bond acceptors (Lipinski definition) is 5. The van der Waals surface area contributed by atoms with Crippen molar-refractivity contribution in [2.24, 2.45) is 17.8 Å². The Morgan fingerprint density at radius 2 is 1.65 bits per heavy atom. The molecular weight excluding hydrogens is 464 g/mol. The molecule has 4 aliphatic carbocycles. The lowest BCUT2D eigenvalue weighted by Gasteiger charge is -2.58. The average molecular weight is 503 g/mol. The number of rotatable bonds is 7. The minimum atomic E-state index is -0.485. The average Bonchev–Trinajstić information content (AvgIpc) is 2.85. The van der Waals surface area contributed by atoms with Crippen LogP contribution in [0.4, 0.5) is 0 Å². The normalized spacial score (nSPS) is 26.0. The number of carbonyl (C=O) groups excluding carboxylic acids is 2. The van der Waals surface area contributed by atoms with E-state index in [1.165, 1.54) is 50.2 Å². The van der Waals surface area contributed by atoms with Gasteiger partial charge in [0.15, 0.2) is 0 Å². The summed E-state index contributed by atoms with van der Waals surface area (Å²) in [5.41, 5.74) is 2.90. The fraction of sp³-hybridized carbons (Fsp3) is 0.500. The van der Waals surface area contributed by atoms with Crippen molar-refractivity contribution in [2.45, 2.75) is 70.1 Å². The van der Waals surface area contributed by atoms with Gasteiger partial charge in [-0.1, -0.05) is 39.5 Å². The molecule has 0 aromatic heterocycles. The second-order valence-electron chi connectivity index (χ2n) is 12.3. The summed E-state index contributed by atoms with van der Waals surface area (Å²) in [6.07, 6.45) is 9.07. The maximum Gasteiger partial charge on any atom is 0.343 e. The summed E-state index contributed by atoms with van der Waals surface area (Å²) in [5, 5.41) is 0. The zero-order valence-corrected chi connectivity index (χ0v) is 22.5. The Kier molecular flexibility index (Phi) is 6.68. The van der Waals surface area contributed by atoms with Crippen molar-refractivity contribution >= 4 is 11.9 Å². The fourth-order valence-corrected chi connectivity index (χ4v) is 7.71. The minimum absolute atomic E-state index is 0.0494. The Labute approximate surface area is 220 Å². The zero-order chi connectivity index (χ0) is 26.4. The summed E-state index contributed by atoms with van der Waals surface area (Å²) in [6.45, 7) is 10.2. The van der Waals surface area contributed by atoms with Crippen LogP contribution in [0.2, 0.25) is 0 Å². The van der Waals surface area contributed by atoms with E-state index in [9.17, 15) is 9.59 Å². The fourth-order valence-electron chi connectivity index (χ4n) is 7.71. The van der Waals surface area contributed by atoms with E-state index in [0.29, 0.717) is 16.9 Å². The van der Waals surface area contributed by atoms with Gasteiger partial charge in [0, 0.05) is 11.0 Å². The number of ether oxygens (including phenoxy) is 3. The summed E-state index contributed by atoms with van der Waals surface area (Å²) in [4.78, 5) is 26.0. The van der Waals surface area contributed by atoms with Gasteiger partial charge in [-0.2, -0.15) is 0 Å². The zero-order valence-electron chi connectivity index (χ0n) is 22.5. The van der Waals surface area contributed by atoms with Crippen LogP contribution in [0.1, 0.15) is 91.1 Å². The number of benzene rings is 2. The van der Waals surface area contributed by atoms with Gasteiger partial charge in [-0.15, -0.1) is 0 Å². The first-order chi connectivity index (χ1) is 17.6. The van der Waals surface area contributed by atoms with Gasteiger partial charge >= 0.3 is 11.9 Å². The van der Waals surface area contributed by atoms with E-state index in [4.69, 9.17) is 14.2 Å². The second-order valence-corrected chi connectivity index (χ2v) is 12.3. The molecule has 0 unspecified atom stereocenters. The van der Waals surface area contributed by atoms with Crippen molar-refractivity contribution < 1.29 is 23.8 Å². The number of methoxy groups -OCH3 is 1. The Morgan fingerprint density at radius 1 is 1.00 bits per heavy atom. The van der Waals surface area contributed by atoms with Gasteiger partial charge in [0.1, 0.15) is 18.1 Å². The molecule has 0 radical (unpaired) electrons. The number of hydrogen-bond donors (Lipinski definition) is 0.